The van der Waals surface area contributed by atoms with Gasteiger partial charge in [-0.2, -0.15) is 5.10 Å². The molecule has 10 nitrogen and oxygen atoms in total. The summed E-state index contributed by atoms with van der Waals surface area (Å²) in [6.07, 6.45) is 1.26. The van der Waals surface area contributed by atoms with Gasteiger partial charge in [0.05, 0.1) is 27.9 Å². The third-order valence-corrected chi connectivity index (χ3v) is 4.95. The molecule has 0 aliphatic heterocycles. The Morgan fingerprint density at radius 1 is 1.25 bits per heavy atom. The Balaban J connectivity index is 1.79. The van der Waals surface area contributed by atoms with Crippen LogP contribution < -0.4 is 10.1 Å². The molecular weight excluding hydrogens is 382 g/mol. The van der Waals surface area contributed by atoms with Gasteiger partial charge in [-0.25, -0.2) is 19.6 Å². The lowest BCUT2D eigenvalue weighted by atomic mass is 10.3. The van der Waals surface area contributed by atoms with Gasteiger partial charge in [0.15, 0.2) is 5.13 Å². The van der Waals surface area contributed by atoms with Gasteiger partial charge in [-0.05, 0) is 38.1 Å². The van der Waals surface area contributed by atoms with Gasteiger partial charge in [-0.3, -0.25) is 10.1 Å². The molecule has 0 radical (unpaired) electrons. The molecule has 0 spiro atoms. The molecule has 4 aromatic rings. The molecule has 0 unspecified atom stereocenters. The van der Waals surface area contributed by atoms with E-state index in [9.17, 15) is 10.1 Å². The second-order valence-electron chi connectivity index (χ2n) is 5.97. The maximum atomic E-state index is 11.8. The number of nitro groups is 1. The SMILES string of the molecule is COc1ccc2nc(Nc3ncnc(-n4nc(C)cc4C)c3[N+](=O)[O-])sc2c1. The fourth-order valence-electron chi connectivity index (χ4n) is 2.81. The Morgan fingerprint density at radius 3 is 2.75 bits per heavy atom. The highest BCUT2D eigenvalue weighted by atomic mass is 32.1. The van der Waals surface area contributed by atoms with Crippen molar-refractivity contribution in [2.45, 2.75) is 13.8 Å². The molecule has 1 N–H and O–H groups in total. The van der Waals surface area contributed by atoms with E-state index in [1.54, 1.807) is 20.1 Å². The van der Waals surface area contributed by atoms with Crippen LogP contribution in [0.1, 0.15) is 11.4 Å². The number of aromatic nitrogens is 5. The summed E-state index contributed by atoms with van der Waals surface area (Å²) >= 11 is 1.34. The van der Waals surface area contributed by atoms with Gasteiger partial charge < -0.3 is 10.1 Å². The molecule has 0 amide bonds. The van der Waals surface area contributed by atoms with Crippen molar-refractivity contribution in [2.75, 3.05) is 12.4 Å². The zero-order valence-electron chi connectivity index (χ0n) is 15.2. The maximum Gasteiger partial charge on any atom is 0.356 e. The molecule has 0 aliphatic carbocycles. The van der Waals surface area contributed by atoms with Crippen LogP contribution in [0.5, 0.6) is 5.75 Å². The number of benzene rings is 1. The van der Waals surface area contributed by atoms with Crippen molar-refractivity contribution >= 4 is 38.2 Å². The summed E-state index contributed by atoms with van der Waals surface area (Å²) in [6.45, 7) is 3.62. The number of rotatable bonds is 5. The number of fused-ring (bicyclic) bond motifs is 1. The number of hydrogen-bond donors (Lipinski definition) is 1. The summed E-state index contributed by atoms with van der Waals surface area (Å²) in [7, 11) is 1.59. The van der Waals surface area contributed by atoms with Gasteiger partial charge in [0.25, 0.3) is 0 Å². The number of methoxy groups -OCH3 is 1. The predicted molar refractivity (Wildman–Crippen MR) is 105 cm³/mol. The van der Waals surface area contributed by atoms with Crippen LogP contribution in [0, 0.1) is 24.0 Å². The van der Waals surface area contributed by atoms with E-state index >= 15 is 0 Å². The number of ether oxygens (including phenoxy) is 1. The molecule has 11 heteroatoms. The van der Waals surface area contributed by atoms with Gasteiger partial charge in [-0.15, -0.1) is 0 Å². The van der Waals surface area contributed by atoms with Crippen molar-refractivity contribution in [3.63, 3.8) is 0 Å². The Labute approximate surface area is 163 Å². The third kappa shape index (κ3) is 3.11. The summed E-state index contributed by atoms with van der Waals surface area (Å²) in [5.74, 6) is 0.854. The second-order valence-corrected chi connectivity index (χ2v) is 7.00. The first-order chi connectivity index (χ1) is 13.5. The van der Waals surface area contributed by atoms with Crippen molar-refractivity contribution in [3.05, 3.63) is 52.1 Å². The monoisotopic (exact) mass is 397 g/mol. The van der Waals surface area contributed by atoms with E-state index in [-0.39, 0.29) is 17.3 Å². The molecule has 0 fully saturated rings. The first-order valence-corrected chi connectivity index (χ1v) is 9.02. The van der Waals surface area contributed by atoms with Gasteiger partial charge in [-0.1, -0.05) is 11.3 Å². The van der Waals surface area contributed by atoms with Crippen LogP contribution in [-0.2, 0) is 0 Å². The molecule has 0 saturated carbocycles. The molecule has 0 atom stereocenters. The first kappa shape index (κ1) is 17.8. The van der Waals surface area contributed by atoms with Crippen LogP contribution in [0.2, 0.25) is 0 Å². The number of anilines is 2. The van der Waals surface area contributed by atoms with Gasteiger partial charge in [0.1, 0.15) is 12.1 Å². The lowest BCUT2D eigenvalue weighted by Crippen LogP contribution is -2.09. The largest absolute Gasteiger partial charge is 0.497 e. The fraction of sp³-hybridized carbons (Fsp3) is 0.176. The van der Waals surface area contributed by atoms with E-state index in [0.29, 0.717) is 10.9 Å². The summed E-state index contributed by atoms with van der Waals surface area (Å²) < 4.78 is 7.54. The van der Waals surface area contributed by atoms with Crippen LogP contribution in [0.25, 0.3) is 16.0 Å². The third-order valence-electron chi connectivity index (χ3n) is 4.02. The van der Waals surface area contributed by atoms with Crippen LogP contribution in [0.4, 0.5) is 16.6 Å². The van der Waals surface area contributed by atoms with Crippen LogP contribution in [0.3, 0.4) is 0 Å². The Bertz CT molecular complexity index is 1200. The molecule has 28 heavy (non-hydrogen) atoms. The highest BCUT2D eigenvalue weighted by molar-refractivity contribution is 7.22. The van der Waals surface area contributed by atoms with E-state index in [2.05, 4.69) is 25.4 Å². The zero-order chi connectivity index (χ0) is 19.8. The van der Waals surface area contributed by atoms with Crippen molar-refractivity contribution in [1.29, 1.82) is 0 Å². The lowest BCUT2D eigenvalue weighted by molar-refractivity contribution is -0.384. The molecule has 3 aromatic heterocycles. The fourth-order valence-corrected chi connectivity index (χ4v) is 3.71. The molecule has 3 heterocycles. The molecule has 142 valence electrons. The smallest absolute Gasteiger partial charge is 0.356 e. The molecule has 1 aromatic carbocycles. The van der Waals surface area contributed by atoms with E-state index in [0.717, 1.165) is 21.6 Å². The van der Waals surface area contributed by atoms with E-state index in [4.69, 9.17) is 4.74 Å². The molecule has 0 bridgehead atoms. The predicted octanol–water partition coefficient (Wildman–Crippen LogP) is 3.55. The standard InChI is InChI=1S/C17H15N7O3S/c1-9-6-10(2)23(22-9)16-14(24(25)26)15(18-8-19-16)21-17-20-12-5-4-11(27-3)7-13(12)28-17/h4-8H,1-3H3,(H,18,19,20,21). The summed E-state index contributed by atoms with van der Waals surface area (Å²) in [4.78, 5) is 23.9. The average molecular weight is 397 g/mol. The highest BCUT2D eigenvalue weighted by Gasteiger charge is 2.26. The normalized spacial score (nSPS) is 11.0. The zero-order valence-corrected chi connectivity index (χ0v) is 16.0. The number of nitrogens with zero attached hydrogens (tertiary/aromatic N) is 6. The van der Waals surface area contributed by atoms with Crippen LogP contribution in [-0.4, -0.2) is 36.8 Å². The number of hydrogen-bond acceptors (Lipinski definition) is 9. The number of aryl methyl sites for hydroxylation is 2. The lowest BCUT2D eigenvalue weighted by Gasteiger charge is -2.07. The minimum absolute atomic E-state index is 0.0496. The van der Waals surface area contributed by atoms with Gasteiger partial charge in [0, 0.05) is 5.69 Å². The van der Waals surface area contributed by atoms with E-state index in [1.807, 2.05) is 25.1 Å². The van der Waals surface area contributed by atoms with E-state index < -0.39 is 4.92 Å². The Kier molecular flexibility index (Phi) is 4.35. The Hall–Kier alpha value is -3.60. The van der Waals surface area contributed by atoms with Gasteiger partial charge in [0.2, 0.25) is 11.6 Å². The number of thiazole rings is 1. The molecular formula is C17H15N7O3S. The second kappa shape index (κ2) is 6.85. The van der Waals surface area contributed by atoms with Crippen LogP contribution >= 0.6 is 11.3 Å². The first-order valence-electron chi connectivity index (χ1n) is 8.21. The average Bonchev–Trinajstić information content (AvgIpc) is 3.22. The topological polar surface area (TPSA) is 121 Å². The van der Waals surface area contributed by atoms with Crippen LogP contribution in [0.15, 0.2) is 30.6 Å². The van der Waals surface area contributed by atoms with Crippen molar-refractivity contribution < 1.29 is 9.66 Å². The van der Waals surface area contributed by atoms with Crippen molar-refractivity contribution in [3.8, 4) is 11.6 Å². The highest BCUT2D eigenvalue weighted by Crippen LogP contribution is 2.34. The molecule has 4 rings (SSSR count). The maximum absolute atomic E-state index is 11.8. The molecule has 0 aliphatic rings. The molecule has 0 saturated heterocycles. The number of nitrogens with one attached hydrogen (secondary N) is 1. The van der Waals surface area contributed by atoms with Crippen molar-refractivity contribution in [1.82, 2.24) is 24.7 Å². The minimum atomic E-state index is -0.523. The minimum Gasteiger partial charge on any atom is -0.497 e. The Morgan fingerprint density at radius 2 is 2.07 bits per heavy atom. The van der Waals surface area contributed by atoms with E-state index in [1.165, 1.54) is 22.3 Å². The summed E-state index contributed by atoms with van der Waals surface area (Å²) in [5, 5.41) is 19.5. The summed E-state index contributed by atoms with van der Waals surface area (Å²) in [5.41, 5.74) is 1.95. The quantitative estimate of drug-likeness (QED) is 0.401. The van der Waals surface area contributed by atoms with Crippen molar-refractivity contribution in [2.24, 2.45) is 0 Å². The van der Waals surface area contributed by atoms with Gasteiger partial charge >= 0.3 is 5.69 Å². The summed E-state index contributed by atoms with van der Waals surface area (Å²) in [6, 6.07) is 7.30.